The summed E-state index contributed by atoms with van der Waals surface area (Å²) in [6, 6.07) is 9.21. The van der Waals surface area contributed by atoms with Crippen molar-refractivity contribution in [3.63, 3.8) is 0 Å². The van der Waals surface area contributed by atoms with E-state index in [1.807, 2.05) is 13.0 Å². The molecule has 2 aromatic rings. The van der Waals surface area contributed by atoms with Crippen molar-refractivity contribution in [1.29, 1.82) is 5.26 Å². The number of nitrogens with one attached hydrogen (secondary N) is 1. The zero-order valence-electron chi connectivity index (χ0n) is 10.8. The number of nitrogen functional groups attached to an aromatic ring is 1. The third kappa shape index (κ3) is 2.58. The van der Waals surface area contributed by atoms with Gasteiger partial charge in [-0.1, -0.05) is 6.07 Å². The van der Waals surface area contributed by atoms with E-state index in [1.165, 1.54) is 0 Å². The highest BCUT2D eigenvalue weighted by Gasteiger charge is 2.10. The number of para-hydroxylation sites is 1. The van der Waals surface area contributed by atoms with Crippen LogP contribution in [0, 0.1) is 18.3 Å². The predicted molar refractivity (Wildman–Crippen MR) is 74.4 cm³/mol. The molecule has 0 bridgehead atoms. The fourth-order valence-corrected chi connectivity index (χ4v) is 1.69. The van der Waals surface area contributed by atoms with Gasteiger partial charge in [0.15, 0.2) is 0 Å². The summed E-state index contributed by atoms with van der Waals surface area (Å²) < 4.78 is 5.25. The highest BCUT2D eigenvalue weighted by molar-refractivity contribution is 5.72. The largest absolute Gasteiger partial charge is 0.495 e. The topological polar surface area (TPSA) is 84.0 Å². The molecule has 0 fully saturated rings. The highest BCUT2D eigenvalue weighted by atomic mass is 16.5. The Morgan fingerprint density at radius 1 is 1.42 bits per heavy atom. The van der Waals surface area contributed by atoms with Gasteiger partial charge in [-0.25, -0.2) is 4.98 Å². The molecule has 0 aliphatic heterocycles. The number of aryl methyl sites for hydroxylation is 1. The Labute approximate surface area is 111 Å². The van der Waals surface area contributed by atoms with Crippen molar-refractivity contribution in [3.05, 3.63) is 41.6 Å². The summed E-state index contributed by atoms with van der Waals surface area (Å²) in [5.41, 5.74) is 8.38. The zero-order valence-corrected chi connectivity index (χ0v) is 10.8. The first-order chi connectivity index (χ1) is 9.15. The van der Waals surface area contributed by atoms with Crippen LogP contribution in [0.15, 0.2) is 30.5 Å². The molecule has 0 aliphatic carbocycles. The first kappa shape index (κ1) is 12.7. The molecular formula is C14H14N4O. The average molecular weight is 254 g/mol. The van der Waals surface area contributed by atoms with E-state index in [9.17, 15) is 0 Å². The monoisotopic (exact) mass is 254 g/mol. The number of hydrogen-bond acceptors (Lipinski definition) is 5. The number of nitrogens with zero attached hydrogens (tertiary/aromatic N) is 2. The van der Waals surface area contributed by atoms with E-state index >= 15 is 0 Å². The lowest BCUT2D eigenvalue weighted by Gasteiger charge is -2.12. The summed E-state index contributed by atoms with van der Waals surface area (Å²) >= 11 is 0. The molecule has 0 spiro atoms. The van der Waals surface area contributed by atoms with E-state index in [1.54, 1.807) is 31.5 Å². The highest BCUT2D eigenvalue weighted by Crippen LogP contribution is 2.30. The van der Waals surface area contributed by atoms with Crippen molar-refractivity contribution in [2.24, 2.45) is 0 Å². The van der Waals surface area contributed by atoms with Crippen molar-refractivity contribution in [2.75, 3.05) is 18.2 Å². The lowest BCUT2D eigenvalue weighted by atomic mass is 10.1. The van der Waals surface area contributed by atoms with Crippen molar-refractivity contribution in [1.82, 2.24) is 4.98 Å². The number of aromatic nitrogens is 1. The van der Waals surface area contributed by atoms with Crippen LogP contribution in [0.5, 0.6) is 5.75 Å². The molecule has 1 heterocycles. The first-order valence-corrected chi connectivity index (χ1v) is 5.72. The molecule has 0 amide bonds. The molecule has 96 valence electrons. The van der Waals surface area contributed by atoms with Crippen LogP contribution in [0.3, 0.4) is 0 Å². The van der Waals surface area contributed by atoms with E-state index in [4.69, 9.17) is 15.7 Å². The number of ether oxygens (including phenoxy) is 1. The number of anilines is 3. The second kappa shape index (κ2) is 5.27. The third-order valence-corrected chi connectivity index (χ3v) is 2.77. The minimum Gasteiger partial charge on any atom is -0.495 e. The van der Waals surface area contributed by atoms with Crippen LogP contribution in [0.25, 0.3) is 0 Å². The zero-order chi connectivity index (χ0) is 13.8. The minimum absolute atomic E-state index is 0.496. The lowest BCUT2D eigenvalue weighted by Crippen LogP contribution is -2.01. The summed E-state index contributed by atoms with van der Waals surface area (Å²) in [7, 11) is 1.56. The maximum atomic E-state index is 9.13. The molecule has 2 rings (SSSR count). The standard InChI is InChI=1S/C14H14N4O/c1-9-6-13(17-8-11(9)16)18-14-10(7-15)4-3-5-12(14)19-2/h3-6,8H,16H2,1-2H3,(H,17,18). The van der Waals surface area contributed by atoms with Crippen LogP contribution < -0.4 is 15.8 Å². The fraction of sp³-hybridized carbons (Fsp3) is 0.143. The summed E-state index contributed by atoms with van der Waals surface area (Å²) in [6.45, 7) is 1.90. The normalized spacial score (nSPS) is 9.74. The van der Waals surface area contributed by atoms with Crippen LogP contribution in [-0.4, -0.2) is 12.1 Å². The Bertz CT molecular complexity index is 646. The molecule has 1 aromatic heterocycles. The Kier molecular flexibility index (Phi) is 3.53. The number of methoxy groups -OCH3 is 1. The van der Waals surface area contributed by atoms with Gasteiger partial charge in [-0.3, -0.25) is 0 Å². The molecule has 5 nitrogen and oxygen atoms in total. The first-order valence-electron chi connectivity index (χ1n) is 5.72. The van der Waals surface area contributed by atoms with Gasteiger partial charge in [-0.2, -0.15) is 5.26 Å². The van der Waals surface area contributed by atoms with Crippen LogP contribution >= 0.6 is 0 Å². The molecule has 0 aliphatic rings. The van der Waals surface area contributed by atoms with Gasteiger partial charge in [0.1, 0.15) is 23.3 Å². The number of pyridine rings is 1. The van der Waals surface area contributed by atoms with Crippen LogP contribution in [0.2, 0.25) is 0 Å². The van der Waals surface area contributed by atoms with Gasteiger partial charge in [0.2, 0.25) is 0 Å². The molecule has 1 aromatic carbocycles. The van der Waals surface area contributed by atoms with Gasteiger partial charge < -0.3 is 15.8 Å². The molecule has 0 unspecified atom stereocenters. The molecule has 0 atom stereocenters. The Morgan fingerprint density at radius 3 is 2.84 bits per heavy atom. The summed E-state index contributed by atoms with van der Waals surface area (Å²) in [6.07, 6.45) is 1.58. The number of hydrogen-bond donors (Lipinski definition) is 2. The van der Waals surface area contributed by atoms with E-state index < -0.39 is 0 Å². The molecule has 0 saturated heterocycles. The lowest BCUT2D eigenvalue weighted by molar-refractivity contribution is 0.416. The Balaban J connectivity index is 2.42. The van der Waals surface area contributed by atoms with Gasteiger partial charge in [0.05, 0.1) is 24.6 Å². The second-order valence-electron chi connectivity index (χ2n) is 4.05. The SMILES string of the molecule is COc1cccc(C#N)c1Nc1cc(C)c(N)cn1. The Morgan fingerprint density at radius 2 is 2.21 bits per heavy atom. The summed E-state index contributed by atoms with van der Waals surface area (Å²) in [5, 5.41) is 12.2. The van der Waals surface area contributed by atoms with E-state index in [0.717, 1.165) is 5.56 Å². The quantitative estimate of drug-likeness (QED) is 0.879. The second-order valence-corrected chi connectivity index (χ2v) is 4.05. The number of rotatable bonds is 3. The smallest absolute Gasteiger partial charge is 0.143 e. The molecule has 3 N–H and O–H groups in total. The minimum atomic E-state index is 0.496. The van der Waals surface area contributed by atoms with Crippen molar-refractivity contribution in [3.8, 4) is 11.8 Å². The average Bonchev–Trinajstić information content (AvgIpc) is 2.43. The molecule has 5 heteroatoms. The van der Waals surface area contributed by atoms with Gasteiger partial charge >= 0.3 is 0 Å². The molecule has 0 radical (unpaired) electrons. The van der Waals surface area contributed by atoms with Gasteiger partial charge in [0.25, 0.3) is 0 Å². The summed E-state index contributed by atoms with van der Waals surface area (Å²) in [5.74, 6) is 1.21. The molecule has 19 heavy (non-hydrogen) atoms. The molecule has 0 saturated carbocycles. The van der Waals surface area contributed by atoms with Gasteiger partial charge in [-0.05, 0) is 30.7 Å². The maximum Gasteiger partial charge on any atom is 0.143 e. The molecular weight excluding hydrogens is 240 g/mol. The number of benzene rings is 1. The van der Waals surface area contributed by atoms with E-state index in [2.05, 4.69) is 16.4 Å². The van der Waals surface area contributed by atoms with Crippen LogP contribution in [0.1, 0.15) is 11.1 Å². The maximum absolute atomic E-state index is 9.13. The van der Waals surface area contributed by atoms with Crippen molar-refractivity contribution < 1.29 is 4.74 Å². The third-order valence-electron chi connectivity index (χ3n) is 2.77. The van der Waals surface area contributed by atoms with E-state index in [0.29, 0.717) is 28.5 Å². The van der Waals surface area contributed by atoms with Crippen molar-refractivity contribution >= 4 is 17.2 Å². The van der Waals surface area contributed by atoms with Crippen molar-refractivity contribution in [2.45, 2.75) is 6.92 Å². The van der Waals surface area contributed by atoms with Gasteiger partial charge in [-0.15, -0.1) is 0 Å². The van der Waals surface area contributed by atoms with Crippen LogP contribution in [0.4, 0.5) is 17.2 Å². The van der Waals surface area contributed by atoms with Gasteiger partial charge in [0, 0.05) is 0 Å². The number of nitrogens with two attached hydrogens (primary N) is 1. The predicted octanol–water partition coefficient (Wildman–Crippen LogP) is 2.60. The fourth-order valence-electron chi connectivity index (χ4n) is 1.69. The van der Waals surface area contributed by atoms with E-state index in [-0.39, 0.29) is 0 Å². The van der Waals surface area contributed by atoms with Crippen LogP contribution in [-0.2, 0) is 0 Å². The summed E-state index contributed by atoms with van der Waals surface area (Å²) in [4.78, 5) is 4.18. The Hall–Kier alpha value is -2.74. The number of nitriles is 1.